The molecule has 8 nitrogen and oxygen atoms in total. The van der Waals surface area contributed by atoms with E-state index in [4.69, 9.17) is 9.47 Å². The zero-order chi connectivity index (χ0) is 19.9. The quantitative estimate of drug-likeness (QED) is 0.608. The number of rotatable bonds is 6. The van der Waals surface area contributed by atoms with Crippen LogP contribution in [-0.4, -0.2) is 37.7 Å². The molecule has 0 spiro atoms. The predicted molar refractivity (Wildman–Crippen MR) is 108 cm³/mol. The van der Waals surface area contributed by atoms with Crippen LogP contribution in [0.2, 0.25) is 0 Å². The molecule has 0 atom stereocenters. The maximum absolute atomic E-state index is 12.2. The molecule has 28 heavy (non-hydrogen) atoms. The van der Waals surface area contributed by atoms with Crippen LogP contribution in [-0.2, 0) is 9.53 Å². The largest absolute Gasteiger partial charge is 0.481 e. The summed E-state index contributed by atoms with van der Waals surface area (Å²) in [7, 11) is 3.02. The molecule has 3 rings (SSSR count). The minimum atomic E-state index is -0.378. The molecule has 0 fully saturated rings. The Hall–Kier alpha value is -3.65. The van der Waals surface area contributed by atoms with Crippen LogP contribution in [0.25, 0.3) is 10.9 Å². The predicted octanol–water partition coefficient (Wildman–Crippen LogP) is 3.47. The van der Waals surface area contributed by atoms with Crippen LogP contribution in [0.1, 0.15) is 0 Å². The van der Waals surface area contributed by atoms with Crippen LogP contribution in [0.3, 0.4) is 0 Å². The first-order valence-electron chi connectivity index (χ1n) is 8.49. The van der Waals surface area contributed by atoms with E-state index in [1.54, 1.807) is 43.5 Å². The summed E-state index contributed by atoms with van der Waals surface area (Å²) < 4.78 is 9.86. The second-order valence-corrected chi connectivity index (χ2v) is 5.90. The zero-order valence-electron chi connectivity index (χ0n) is 15.5. The lowest BCUT2D eigenvalue weighted by atomic mass is 10.2. The number of aromatic nitrogens is 1. The second kappa shape index (κ2) is 8.83. The molecule has 0 aliphatic carbocycles. The van der Waals surface area contributed by atoms with Crippen molar-refractivity contribution in [3.8, 4) is 5.88 Å². The van der Waals surface area contributed by atoms with Gasteiger partial charge in [-0.15, -0.1) is 0 Å². The Morgan fingerprint density at radius 2 is 1.50 bits per heavy atom. The number of carbonyl (C=O) groups excluding carboxylic acids is 2. The number of ether oxygens (including phenoxy) is 2. The van der Waals surface area contributed by atoms with Gasteiger partial charge in [-0.3, -0.25) is 4.79 Å². The highest BCUT2D eigenvalue weighted by molar-refractivity contribution is 6.01. The minimum Gasteiger partial charge on any atom is -0.481 e. The molecule has 0 unspecified atom stereocenters. The van der Waals surface area contributed by atoms with E-state index >= 15 is 0 Å². The van der Waals surface area contributed by atoms with Crippen molar-refractivity contribution in [3.63, 3.8) is 0 Å². The van der Waals surface area contributed by atoms with Gasteiger partial charge in [-0.1, -0.05) is 0 Å². The molecule has 3 amide bonds. The van der Waals surface area contributed by atoms with E-state index < -0.39 is 0 Å². The van der Waals surface area contributed by atoms with Gasteiger partial charge in [0, 0.05) is 35.6 Å². The molecule has 0 saturated carbocycles. The van der Waals surface area contributed by atoms with Crippen LogP contribution in [0.5, 0.6) is 5.88 Å². The number of pyridine rings is 1. The Labute approximate surface area is 161 Å². The summed E-state index contributed by atoms with van der Waals surface area (Å²) in [4.78, 5) is 28.0. The maximum Gasteiger partial charge on any atom is 0.323 e. The van der Waals surface area contributed by atoms with E-state index in [9.17, 15) is 9.59 Å². The number of benzene rings is 2. The third-order valence-corrected chi connectivity index (χ3v) is 3.83. The molecule has 0 aliphatic rings. The fourth-order valence-corrected chi connectivity index (χ4v) is 2.56. The van der Waals surface area contributed by atoms with Crippen molar-refractivity contribution in [3.05, 3.63) is 54.6 Å². The third-order valence-electron chi connectivity index (χ3n) is 3.83. The standard InChI is InChI=1S/C20H20N4O4/c1-27-12-18(25)21-14-4-6-15(7-5-14)22-20(26)23-16-8-9-17-13(11-16)3-10-19(24-17)28-2/h3-11H,12H2,1-2H3,(H,21,25)(H2,22,23,26). The molecule has 3 aromatic rings. The molecule has 1 aromatic heterocycles. The van der Waals surface area contributed by atoms with Gasteiger partial charge in [-0.2, -0.15) is 0 Å². The highest BCUT2D eigenvalue weighted by Crippen LogP contribution is 2.21. The molecule has 1 heterocycles. The van der Waals surface area contributed by atoms with E-state index in [0.717, 1.165) is 10.9 Å². The smallest absolute Gasteiger partial charge is 0.323 e. The summed E-state index contributed by atoms with van der Waals surface area (Å²) in [5.74, 6) is 0.289. The summed E-state index contributed by atoms with van der Waals surface area (Å²) in [6.45, 7) is -0.0174. The van der Waals surface area contributed by atoms with Gasteiger partial charge in [0.05, 0.1) is 12.6 Å². The maximum atomic E-state index is 12.2. The van der Waals surface area contributed by atoms with Crippen molar-refractivity contribution in [1.82, 2.24) is 4.98 Å². The van der Waals surface area contributed by atoms with Gasteiger partial charge in [-0.05, 0) is 48.5 Å². The lowest BCUT2D eigenvalue weighted by Gasteiger charge is -2.10. The van der Waals surface area contributed by atoms with Crippen molar-refractivity contribution in [2.45, 2.75) is 0 Å². The molecule has 144 valence electrons. The number of anilines is 3. The SMILES string of the molecule is COCC(=O)Nc1ccc(NC(=O)Nc2ccc3nc(OC)ccc3c2)cc1. The molecule has 3 N–H and O–H groups in total. The number of fused-ring (bicyclic) bond motifs is 1. The lowest BCUT2D eigenvalue weighted by Crippen LogP contribution is -2.19. The van der Waals surface area contributed by atoms with Gasteiger partial charge in [0.2, 0.25) is 11.8 Å². The average Bonchev–Trinajstić information content (AvgIpc) is 2.69. The molecule has 8 heteroatoms. The lowest BCUT2D eigenvalue weighted by molar-refractivity contribution is -0.119. The Bertz CT molecular complexity index is 989. The number of nitrogens with zero attached hydrogens (tertiary/aromatic N) is 1. The Kier molecular flexibility index (Phi) is 6.03. The Morgan fingerprint density at radius 1 is 0.857 bits per heavy atom. The minimum absolute atomic E-state index is 0.0174. The summed E-state index contributed by atoms with van der Waals surface area (Å²) in [6.07, 6.45) is 0. The van der Waals surface area contributed by atoms with Crippen LogP contribution < -0.4 is 20.7 Å². The first-order chi connectivity index (χ1) is 13.6. The van der Waals surface area contributed by atoms with Crippen molar-refractivity contribution in [2.75, 3.05) is 36.8 Å². The van der Waals surface area contributed by atoms with E-state index in [1.807, 2.05) is 18.2 Å². The molecule has 0 aliphatic heterocycles. The summed E-state index contributed by atoms with van der Waals surface area (Å²) in [6, 6.07) is 15.4. The Morgan fingerprint density at radius 3 is 2.18 bits per heavy atom. The van der Waals surface area contributed by atoms with Crippen molar-refractivity contribution in [2.24, 2.45) is 0 Å². The fourth-order valence-electron chi connectivity index (χ4n) is 2.56. The normalized spacial score (nSPS) is 10.4. The van der Waals surface area contributed by atoms with Gasteiger partial charge >= 0.3 is 6.03 Å². The van der Waals surface area contributed by atoms with Gasteiger partial charge in [0.15, 0.2) is 0 Å². The number of hydrogen-bond acceptors (Lipinski definition) is 5. The van der Waals surface area contributed by atoms with E-state index in [1.165, 1.54) is 7.11 Å². The Balaban J connectivity index is 1.60. The first-order valence-corrected chi connectivity index (χ1v) is 8.49. The molecular formula is C20H20N4O4. The van der Waals surface area contributed by atoms with E-state index in [0.29, 0.717) is 22.9 Å². The van der Waals surface area contributed by atoms with Crippen LogP contribution in [0.15, 0.2) is 54.6 Å². The van der Waals surface area contributed by atoms with Crippen molar-refractivity contribution >= 4 is 39.9 Å². The monoisotopic (exact) mass is 380 g/mol. The fraction of sp³-hybridized carbons (Fsp3) is 0.150. The molecule has 0 radical (unpaired) electrons. The highest BCUT2D eigenvalue weighted by Gasteiger charge is 2.06. The topological polar surface area (TPSA) is 102 Å². The number of carbonyl (C=O) groups is 2. The number of hydrogen-bond donors (Lipinski definition) is 3. The average molecular weight is 380 g/mol. The van der Waals surface area contributed by atoms with E-state index in [2.05, 4.69) is 20.9 Å². The van der Waals surface area contributed by atoms with Gasteiger partial charge in [-0.25, -0.2) is 9.78 Å². The summed E-state index contributed by atoms with van der Waals surface area (Å²) in [5.41, 5.74) is 2.62. The zero-order valence-corrected chi connectivity index (χ0v) is 15.5. The molecular weight excluding hydrogens is 360 g/mol. The van der Waals surface area contributed by atoms with Gasteiger partial charge in [0.1, 0.15) is 6.61 Å². The van der Waals surface area contributed by atoms with Crippen LogP contribution >= 0.6 is 0 Å². The van der Waals surface area contributed by atoms with Crippen molar-refractivity contribution in [1.29, 1.82) is 0 Å². The number of methoxy groups -OCH3 is 2. The van der Waals surface area contributed by atoms with Crippen LogP contribution in [0.4, 0.5) is 21.9 Å². The number of urea groups is 1. The molecule has 0 bridgehead atoms. The highest BCUT2D eigenvalue weighted by atomic mass is 16.5. The van der Waals surface area contributed by atoms with Crippen molar-refractivity contribution < 1.29 is 19.1 Å². The van der Waals surface area contributed by atoms with Gasteiger partial charge < -0.3 is 25.4 Å². The number of nitrogens with one attached hydrogen (secondary N) is 3. The summed E-state index contributed by atoms with van der Waals surface area (Å²) >= 11 is 0. The van der Waals surface area contributed by atoms with E-state index in [-0.39, 0.29) is 18.5 Å². The van der Waals surface area contributed by atoms with Crippen LogP contribution in [0, 0.1) is 0 Å². The third kappa shape index (κ3) is 4.95. The molecule has 0 saturated heterocycles. The second-order valence-electron chi connectivity index (χ2n) is 5.90. The number of amides is 3. The molecule has 2 aromatic carbocycles. The summed E-state index contributed by atoms with van der Waals surface area (Å²) in [5, 5.41) is 9.08. The first kappa shape index (κ1) is 19.1. The van der Waals surface area contributed by atoms with Gasteiger partial charge in [0.25, 0.3) is 0 Å².